The predicted octanol–water partition coefficient (Wildman–Crippen LogP) is 3.24. The molecular weight excluding hydrogens is 360 g/mol. The third-order valence-electron chi connectivity index (χ3n) is 3.88. The molecule has 0 atom stereocenters. The number of methoxy groups -OCH3 is 1. The molecule has 28 heavy (non-hydrogen) atoms. The Morgan fingerprint density at radius 1 is 0.964 bits per heavy atom. The summed E-state index contributed by atoms with van der Waals surface area (Å²) in [5, 5.41) is 5.52. The highest BCUT2D eigenvalue weighted by molar-refractivity contribution is 6.02. The summed E-state index contributed by atoms with van der Waals surface area (Å²) in [6.45, 7) is 0.279. The van der Waals surface area contributed by atoms with Gasteiger partial charge in [0.25, 0.3) is 11.8 Å². The Kier molecular flexibility index (Phi) is 6.30. The first-order valence-corrected chi connectivity index (χ1v) is 8.61. The summed E-state index contributed by atoms with van der Waals surface area (Å²) in [5.74, 6) is 1.01. The lowest BCUT2D eigenvalue weighted by atomic mass is 10.2. The number of hydrogen-bond acceptors (Lipinski definition) is 5. The van der Waals surface area contributed by atoms with Crippen molar-refractivity contribution in [2.45, 2.75) is 6.54 Å². The molecular formula is C21H20N2O5. The number of carbonyl (C=O) groups excluding carboxylic acids is 2. The smallest absolute Gasteiger partial charge is 0.291 e. The van der Waals surface area contributed by atoms with Gasteiger partial charge >= 0.3 is 0 Å². The van der Waals surface area contributed by atoms with Gasteiger partial charge in [-0.05, 0) is 54.1 Å². The molecule has 0 saturated carbocycles. The highest BCUT2D eigenvalue weighted by Gasteiger charge is 2.08. The first-order chi connectivity index (χ1) is 13.6. The van der Waals surface area contributed by atoms with Crippen LogP contribution in [0.15, 0.2) is 71.3 Å². The van der Waals surface area contributed by atoms with Crippen LogP contribution in [0.25, 0.3) is 0 Å². The van der Waals surface area contributed by atoms with Crippen molar-refractivity contribution in [3.63, 3.8) is 0 Å². The first kappa shape index (κ1) is 19.0. The molecule has 7 heteroatoms. The van der Waals surface area contributed by atoms with Gasteiger partial charge in [-0.15, -0.1) is 0 Å². The summed E-state index contributed by atoms with van der Waals surface area (Å²) in [7, 11) is 1.59. The van der Waals surface area contributed by atoms with Crippen LogP contribution in [0.3, 0.4) is 0 Å². The summed E-state index contributed by atoms with van der Waals surface area (Å²) in [5.41, 5.74) is 1.54. The van der Waals surface area contributed by atoms with Crippen molar-refractivity contribution >= 4 is 17.5 Å². The molecule has 3 rings (SSSR count). The third-order valence-corrected chi connectivity index (χ3v) is 3.88. The van der Waals surface area contributed by atoms with Gasteiger partial charge in [0.1, 0.15) is 11.5 Å². The van der Waals surface area contributed by atoms with Gasteiger partial charge in [-0.2, -0.15) is 0 Å². The van der Waals surface area contributed by atoms with Gasteiger partial charge in [0.15, 0.2) is 12.4 Å². The zero-order valence-corrected chi connectivity index (χ0v) is 15.3. The van der Waals surface area contributed by atoms with Crippen molar-refractivity contribution in [3.8, 4) is 11.5 Å². The van der Waals surface area contributed by atoms with Crippen molar-refractivity contribution in [2.24, 2.45) is 0 Å². The van der Waals surface area contributed by atoms with E-state index in [1.807, 2.05) is 12.1 Å². The van der Waals surface area contributed by atoms with Crippen LogP contribution in [0.5, 0.6) is 11.5 Å². The first-order valence-electron chi connectivity index (χ1n) is 8.61. The number of furan rings is 1. The van der Waals surface area contributed by atoms with E-state index in [0.717, 1.165) is 11.3 Å². The molecule has 2 aromatic carbocycles. The average Bonchev–Trinajstić information content (AvgIpc) is 3.27. The molecule has 0 fully saturated rings. The molecule has 0 bridgehead atoms. The van der Waals surface area contributed by atoms with Crippen molar-refractivity contribution < 1.29 is 23.5 Å². The minimum Gasteiger partial charge on any atom is -0.497 e. The lowest BCUT2D eigenvalue weighted by Gasteiger charge is -2.09. The maximum absolute atomic E-state index is 11.9. The van der Waals surface area contributed by atoms with E-state index in [-0.39, 0.29) is 24.2 Å². The van der Waals surface area contributed by atoms with Crippen LogP contribution in [0.1, 0.15) is 16.1 Å². The number of rotatable bonds is 8. The summed E-state index contributed by atoms with van der Waals surface area (Å²) < 4.78 is 15.5. The van der Waals surface area contributed by atoms with E-state index >= 15 is 0 Å². The number of amides is 2. The third kappa shape index (κ3) is 5.38. The number of carbonyl (C=O) groups is 2. The average molecular weight is 380 g/mol. The molecule has 1 aromatic heterocycles. The number of anilines is 1. The molecule has 1 heterocycles. The number of ether oxygens (including phenoxy) is 2. The van der Waals surface area contributed by atoms with Crippen LogP contribution in [-0.4, -0.2) is 25.5 Å². The molecule has 0 unspecified atom stereocenters. The van der Waals surface area contributed by atoms with Gasteiger partial charge in [0.2, 0.25) is 0 Å². The standard InChI is InChI=1S/C21H20N2O5/c1-26-17-8-10-18(11-9-17)28-14-20(24)22-13-15-4-6-16(7-5-15)23-21(25)19-3-2-12-27-19/h2-12H,13-14H2,1H3,(H,22,24)(H,23,25). The topological polar surface area (TPSA) is 89.8 Å². The van der Waals surface area contributed by atoms with Crippen LogP contribution in [0, 0.1) is 0 Å². The van der Waals surface area contributed by atoms with Crippen LogP contribution >= 0.6 is 0 Å². The lowest BCUT2D eigenvalue weighted by Crippen LogP contribution is -2.28. The van der Waals surface area contributed by atoms with Crippen molar-refractivity contribution in [2.75, 3.05) is 19.0 Å². The molecule has 0 spiro atoms. The minimum atomic E-state index is -0.318. The van der Waals surface area contributed by atoms with Crippen LogP contribution in [-0.2, 0) is 11.3 Å². The maximum atomic E-state index is 11.9. The number of nitrogens with one attached hydrogen (secondary N) is 2. The summed E-state index contributed by atoms with van der Waals surface area (Å²) in [4.78, 5) is 23.8. The minimum absolute atomic E-state index is 0.0797. The Morgan fingerprint density at radius 2 is 1.68 bits per heavy atom. The summed E-state index contributed by atoms with van der Waals surface area (Å²) >= 11 is 0. The lowest BCUT2D eigenvalue weighted by molar-refractivity contribution is -0.123. The second-order valence-electron chi connectivity index (χ2n) is 5.87. The van der Waals surface area contributed by atoms with Gasteiger partial charge in [-0.3, -0.25) is 9.59 Å². The van der Waals surface area contributed by atoms with E-state index in [0.29, 0.717) is 18.0 Å². The fourth-order valence-corrected chi connectivity index (χ4v) is 2.38. The summed E-state index contributed by atoms with van der Waals surface area (Å²) in [6.07, 6.45) is 1.44. The molecule has 0 saturated heterocycles. The van der Waals surface area contributed by atoms with Gasteiger partial charge in [-0.25, -0.2) is 0 Å². The largest absolute Gasteiger partial charge is 0.497 e. The molecule has 3 aromatic rings. The fraction of sp³-hybridized carbons (Fsp3) is 0.143. The molecule has 144 valence electrons. The Bertz CT molecular complexity index is 903. The highest BCUT2D eigenvalue weighted by atomic mass is 16.5. The molecule has 7 nitrogen and oxygen atoms in total. The van der Waals surface area contributed by atoms with E-state index in [4.69, 9.17) is 13.9 Å². The SMILES string of the molecule is COc1ccc(OCC(=O)NCc2ccc(NC(=O)c3ccco3)cc2)cc1. The van der Waals surface area contributed by atoms with Crippen LogP contribution < -0.4 is 20.1 Å². The van der Waals surface area contributed by atoms with Crippen LogP contribution in [0.4, 0.5) is 5.69 Å². The summed E-state index contributed by atoms with van der Waals surface area (Å²) in [6, 6.07) is 17.4. The normalized spacial score (nSPS) is 10.2. The Balaban J connectivity index is 1.42. The zero-order valence-electron chi connectivity index (χ0n) is 15.3. The molecule has 0 aliphatic carbocycles. The maximum Gasteiger partial charge on any atom is 0.291 e. The van der Waals surface area contributed by atoms with Gasteiger partial charge in [0.05, 0.1) is 13.4 Å². The molecule has 2 N–H and O–H groups in total. The van der Waals surface area contributed by atoms with E-state index < -0.39 is 0 Å². The van der Waals surface area contributed by atoms with Gasteiger partial charge in [-0.1, -0.05) is 12.1 Å². The van der Waals surface area contributed by atoms with E-state index in [2.05, 4.69) is 10.6 Å². The van der Waals surface area contributed by atoms with Crippen molar-refractivity contribution in [1.82, 2.24) is 5.32 Å². The number of hydrogen-bond donors (Lipinski definition) is 2. The Hall–Kier alpha value is -3.74. The van der Waals surface area contributed by atoms with Crippen LogP contribution in [0.2, 0.25) is 0 Å². The zero-order chi connectivity index (χ0) is 19.8. The quantitative estimate of drug-likeness (QED) is 0.626. The highest BCUT2D eigenvalue weighted by Crippen LogP contribution is 2.17. The van der Waals surface area contributed by atoms with Crippen molar-refractivity contribution in [3.05, 3.63) is 78.3 Å². The van der Waals surface area contributed by atoms with E-state index in [9.17, 15) is 9.59 Å². The second kappa shape index (κ2) is 9.27. The van der Waals surface area contributed by atoms with Crippen molar-refractivity contribution in [1.29, 1.82) is 0 Å². The molecule has 0 aliphatic heterocycles. The van der Waals surface area contributed by atoms with E-state index in [1.165, 1.54) is 6.26 Å². The molecule has 0 radical (unpaired) electrons. The Morgan fingerprint density at radius 3 is 2.32 bits per heavy atom. The van der Waals surface area contributed by atoms with Gasteiger partial charge in [0, 0.05) is 12.2 Å². The number of benzene rings is 2. The predicted molar refractivity (Wildman–Crippen MR) is 103 cm³/mol. The molecule has 0 aliphatic rings. The van der Waals surface area contributed by atoms with E-state index in [1.54, 1.807) is 55.6 Å². The second-order valence-corrected chi connectivity index (χ2v) is 5.87. The van der Waals surface area contributed by atoms with Gasteiger partial charge < -0.3 is 24.5 Å². The fourth-order valence-electron chi connectivity index (χ4n) is 2.38. The molecule has 2 amide bonds. The Labute approximate surface area is 162 Å². The monoisotopic (exact) mass is 380 g/mol.